The van der Waals surface area contributed by atoms with Crippen molar-refractivity contribution in [2.24, 2.45) is 17.6 Å². The molecule has 0 unspecified atom stereocenters. The normalized spacial score (nSPS) is 17.7. The van der Waals surface area contributed by atoms with Crippen LogP contribution < -0.4 is 5.73 Å². The van der Waals surface area contributed by atoms with E-state index in [1.54, 1.807) is 20.1 Å². The van der Waals surface area contributed by atoms with Crippen molar-refractivity contribution in [2.45, 2.75) is 32.9 Å². The van der Waals surface area contributed by atoms with Gasteiger partial charge in [-0.3, -0.25) is 4.79 Å². The SMILES string of the molecule is CO[C@@H](c1ccccc1)[C@@H](C)/C=C(C)/C=C/[C@H](N)[C@H](C)C(=O)O. The van der Waals surface area contributed by atoms with Crippen molar-refractivity contribution in [2.75, 3.05) is 7.11 Å². The minimum atomic E-state index is -0.888. The number of carboxylic acids is 1. The van der Waals surface area contributed by atoms with Crippen LogP contribution in [0.15, 0.2) is 54.1 Å². The molecule has 0 saturated heterocycles. The Balaban J connectivity index is 2.78. The molecule has 1 rings (SSSR count). The van der Waals surface area contributed by atoms with Crippen LogP contribution >= 0.6 is 0 Å². The second kappa shape index (κ2) is 9.28. The van der Waals surface area contributed by atoms with E-state index in [1.807, 2.05) is 43.3 Å². The van der Waals surface area contributed by atoms with E-state index in [9.17, 15) is 4.79 Å². The van der Waals surface area contributed by atoms with Crippen molar-refractivity contribution in [1.82, 2.24) is 0 Å². The number of ether oxygens (including phenoxy) is 1. The third-order valence-corrected chi connectivity index (χ3v) is 3.93. The van der Waals surface area contributed by atoms with Crippen LogP contribution in [0.3, 0.4) is 0 Å². The van der Waals surface area contributed by atoms with Crippen LogP contribution in [0, 0.1) is 11.8 Å². The van der Waals surface area contributed by atoms with Gasteiger partial charge < -0.3 is 15.6 Å². The fourth-order valence-electron chi connectivity index (χ4n) is 2.45. The second-order valence-electron chi connectivity index (χ2n) is 5.90. The van der Waals surface area contributed by atoms with Gasteiger partial charge in [0.1, 0.15) is 0 Å². The van der Waals surface area contributed by atoms with Crippen LogP contribution in [0.2, 0.25) is 0 Å². The smallest absolute Gasteiger partial charge is 0.308 e. The molecule has 0 heterocycles. The van der Waals surface area contributed by atoms with Crippen molar-refractivity contribution < 1.29 is 14.6 Å². The predicted octanol–water partition coefficient (Wildman–Crippen LogP) is 3.56. The maximum absolute atomic E-state index is 10.9. The molecule has 0 spiro atoms. The molecular weight excluding hydrogens is 290 g/mol. The van der Waals surface area contributed by atoms with Crippen LogP contribution in [0.25, 0.3) is 0 Å². The van der Waals surface area contributed by atoms with E-state index in [0.29, 0.717) is 0 Å². The molecule has 126 valence electrons. The molecule has 4 heteroatoms. The Bertz CT molecular complexity index is 551. The first kappa shape index (κ1) is 19.1. The molecule has 0 bridgehead atoms. The predicted molar refractivity (Wildman–Crippen MR) is 93.0 cm³/mol. The van der Waals surface area contributed by atoms with Gasteiger partial charge in [0.2, 0.25) is 0 Å². The highest BCUT2D eigenvalue weighted by molar-refractivity contribution is 5.70. The molecular formula is C19H27NO3. The Morgan fingerprint density at radius 1 is 1.26 bits per heavy atom. The van der Waals surface area contributed by atoms with Gasteiger partial charge in [-0.05, 0) is 12.5 Å². The Morgan fingerprint density at radius 2 is 1.87 bits per heavy atom. The first-order valence-electron chi connectivity index (χ1n) is 7.79. The third-order valence-electron chi connectivity index (χ3n) is 3.93. The highest BCUT2D eigenvalue weighted by Crippen LogP contribution is 2.27. The maximum atomic E-state index is 10.9. The lowest BCUT2D eigenvalue weighted by Gasteiger charge is -2.21. The van der Waals surface area contributed by atoms with E-state index < -0.39 is 17.9 Å². The summed E-state index contributed by atoms with van der Waals surface area (Å²) in [6.45, 7) is 5.68. The molecule has 23 heavy (non-hydrogen) atoms. The maximum Gasteiger partial charge on any atom is 0.308 e. The first-order valence-corrected chi connectivity index (χ1v) is 7.79. The van der Waals surface area contributed by atoms with Gasteiger partial charge in [0.05, 0.1) is 12.0 Å². The Kier molecular flexibility index (Phi) is 7.72. The van der Waals surface area contributed by atoms with Gasteiger partial charge in [-0.25, -0.2) is 0 Å². The van der Waals surface area contributed by atoms with Gasteiger partial charge in [-0.1, -0.05) is 68.0 Å². The summed E-state index contributed by atoms with van der Waals surface area (Å²) in [6.07, 6.45) is 5.70. The number of hydrogen-bond donors (Lipinski definition) is 2. The molecule has 4 nitrogen and oxygen atoms in total. The molecule has 0 aliphatic carbocycles. The number of allylic oxidation sites excluding steroid dienone is 2. The number of carbonyl (C=O) groups is 1. The van der Waals surface area contributed by atoms with Crippen LogP contribution in [0.4, 0.5) is 0 Å². The molecule has 0 amide bonds. The minimum Gasteiger partial charge on any atom is -0.481 e. The van der Waals surface area contributed by atoms with Crippen LogP contribution in [-0.4, -0.2) is 24.2 Å². The number of hydrogen-bond acceptors (Lipinski definition) is 3. The van der Waals surface area contributed by atoms with Gasteiger partial charge >= 0.3 is 5.97 Å². The summed E-state index contributed by atoms with van der Waals surface area (Å²) in [6, 6.07) is 9.57. The largest absolute Gasteiger partial charge is 0.481 e. The summed E-state index contributed by atoms with van der Waals surface area (Å²) >= 11 is 0. The highest BCUT2D eigenvalue weighted by Gasteiger charge is 2.18. The van der Waals surface area contributed by atoms with E-state index in [2.05, 4.69) is 13.0 Å². The summed E-state index contributed by atoms with van der Waals surface area (Å²) < 4.78 is 5.62. The summed E-state index contributed by atoms with van der Waals surface area (Å²) in [7, 11) is 1.71. The van der Waals surface area contributed by atoms with Crippen LogP contribution in [0.1, 0.15) is 32.4 Å². The first-order chi connectivity index (χ1) is 10.9. The lowest BCUT2D eigenvalue weighted by molar-refractivity contribution is -0.141. The average Bonchev–Trinajstić information content (AvgIpc) is 2.53. The van der Waals surface area contributed by atoms with Gasteiger partial charge in [0.25, 0.3) is 0 Å². The molecule has 0 fully saturated rings. The highest BCUT2D eigenvalue weighted by atomic mass is 16.5. The molecule has 0 aromatic heterocycles. The zero-order chi connectivity index (χ0) is 17.4. The van der Waals surface area contributed by atoms with E-state index in [-0.39, 0.29) is 12.0 Å². The molecule has 4 atom stereocenters. The third kappa shape index (κ3) is 6.00. The van der Waals surface area contributed by atoms with Crippen molar-refractivity contribution >= 4 is 5.97 Å². The number of rotatable bonds is 8. The number of carboxylic acid groups (broad SMARTS) is 1. The van der Waals surface area contributed by atoms with E-state index in [4.69, 9.17) is 15.6 Å². The average molecular weight is 317 g/mol. The molecule has 3 N–H and O–H groups in total. The lowest BCUT2D eigenvalue weighted by atomic mass is 9.94. The van der Waals surface area contributed by atoms with Gasteiger partial charge in [-0.2, -0.15) is 0 Å². The van der Waals surface area contributed by atoms with Crippen molar-refractivity contribution in [3.05, 3.63) is 59.7 Å². The topological polar surface area (TPSA) is 72.5 Å². The van der Waals surface area contributed by atoms with Crippen molar-refractivity contribution in [3.63, 3.8) is 0 Å². The summed E-state index contributed by atoms with van der Waals surface area (Å²) in [4.78, 5) is 10.9. The molecule has 0 aliphatic heterocycles. The Morgan fingerprint density at radius 3 is 2.39 bits per heavy atom. The summed E-state index contributed by atoms with van der Waals surface area (Å²) in [5.41, 5.74) is 8.02. The van der Waals surface area contributed by atoms with Crippen molar-refractivity contribution in [3.8, 4) is 0 Å². The monoisotopic (exact) mass is 317 g/mol. The number of methoxy groups -OCH3 is 1. The quantitative estimate of drug-likeness (QED) is 0.719. The van der Waals surface area contributed by atoms with Crippen molar-refractivity contribution in [1.29, 1.82) is 0 Å². The molecule has 0 aliphatic rings. The molecule has 1 aromatic rings. The standard InChI is InChI=1S/C19H27NO3/c1-13(10-11-17(20)15(3)19(21)22)12-14(2)18(23-4)16-8-6-5-7-9-16/h5-12,14-15,17-18H,20H2,1-4H3,(H,21,22)/b11-10+,13-12+/t14-,15-,17-,18+/m0/s1. The Hall–Kier alpha value is -1.91. The molecule has 0 radical (unpaired) electrons. The second-order valence-corrected chi connectivity index (χ2v) is 5.90. The van der Waals surface area contributed by atoms with E-state index in [1.165, 1.54) is 0 Å². The van der Waals surface area contributed by atoms with Gasteiger partial charge in [0.15, 0.2) is 0 Å². The van der Waals surface area contributed by atoms with Gasteiger partial charge in [0, 0.05) is 19.1 Å². The fourth-order valence-corrected chi connectivity index (χ4v) is 2.45. The fraction of sp³-hybridized carbons (Fsp3) is 0.421. The molecule has 1 aromatic carbocycles. The van der Waals surface area contributed by atoms with E-state index in [0.717, 1.165) is 11.1 Å². The number of nitrogens with two attached hydrogens (primary N) is 1. The van der Waals surface area contributed by atoms with Crippen LogP contribution in [0.5, 0.6) is 0 Å². The Labute approximate surface area is 138 Å². The lowest BCUT2D eigenvalue weighted by Crippen LogP contribution is -2.31. The van der Waals surface area contributed by atoms with E-state index >= 15 is 0 Å². The number of benzene rings is 1. The van der Waals surface area contributed by atoms with Crippen LogP contribution in [-0.2, 0) is 9.53 Å². The zero-order valence-electron chi connectivity index (χ0n) is 14.3. The zero-order valence-corrected chi connectivity index (χ0v) is 14.3. The molecule has 0 saturated carbocycles. The summed E-state index contributed by atoms with van der Waals surface area (Å²) in [5.74, 6) is -1.31. The summed E-state index contributed by atoms with van der Waals surface area (Å²) in [5, 5.41) is 8.95. The van der Waals surface area contributed by atoms with Gasteiger partial charge in [-0.15, -0.1) is 0 Å². The number of aliphatic carboxylic acids is 1. The minimum absolute atomic E-state index is 0.0221.